The molecule has 3 aromatic rings. The van der Waals surface area contributed by atoms with Crippen LogP contribution in [0.4, 0.5) is 4.39 Å². The van der Waals surface area contributed by atoms with E-state index in [0.29, 0.717) is 9.24 Å². The number of nitrogens with one attached hydrogen (secondary N) is 1. The number of fused-ring (bicyclic) bond motifs is 1. The van der Waals surface area contributed by atoms with Gasteiger partial charge in [-0.15, -0.1) is 11.3 Å². The number of imidazole rings is 1. The molecule has 2 heterocycles. The first-order valence-corrected chi connectivity index (χ1v) is 8.57. The van der Waals surface area contributed by atoms with Crippen LogP contribution in [0.3, 0.4) is 0 Å². The standard InChI is InChI=1S/C14H13BrFN3S2/c1-3-8-6-17-13(21-8)7(2)19-12-5-10(16)9(15)4-11(12)18-14(19)20/h4-7H,3H2,1-2H3,(H,18,20). The molecule has 0 radical (unpaired) electrons. The number of hydrogen-bond acceptors (Lipinski definition) is 3. The van der Waals surface area contributed by atoms with Gasteiger partial charge in [-0.3, -0.25) is 0 Å². The minimum absolute atomic E-state index is 0.0304. The second-order valence-electron chi connectivity index (χ2n) is 4.78. The number of hydrogen-bond donors (Lipinski definition) is 1. The molecule has 3 rings (SSSR count). The fraction of sp³-hybridized carbons (Fsp3) is 0.286. The fourth-order valence-corrected chi connectivity index (χ4v) is 3.90. The third-order valence-corrected chi connectivity index (χ3v) is 5.64. The minimum Gasteiger partial charge on any atom is -0.331 e. The van der Waals surface area contributed by atoms with Crippen molar-refractivity contribution in [3.63, 3.8) is 0 Å². The molecular weight excluding hydrogens is 373 g/mol. The highest BCUT2D eigenvalue weighted by Crippen LogP contribution is 2.30. The van der Waals surface area contributed by atoms with E-state index in [1.807, 2.05) is 17.7 Å². The van der Waals surface area contributed by atoms with Gasteiger partial charge in [0, 0.05) is 17.1 Å². The molecule has 21 heavy (non-hydrogen) atoms. The lowest BCUT2D eigenvalue weighted by molar-refractivity contribution is 0.616. The quantitative estimate of drug-likeness (QED) is 0.626. The van der Waals surface area contributed by atoms with Crippen LogP contribution >= 0.6 is 39.5 Å². The molecule has 1 aromatic carbocycles. The van der Waals surface area contributed by atoms with Crippen molar-refractivity contribution in [3.05, 3.63) is 43.3 Å². The highest BCUT2D eigenvalue weighted by molar-refractivity contribution is 9.10. The molecule has 110 valence electrons. The lowest BCUT2D eigenvalue weighted by Gasteiger charge is -2.12. The van der Waals surface area contributed by atoms with Crippen molar-refractivity contribution >= 4 is 50.5 Å². The van der Waals surface area contributed by atoms with Crippen molar-refractivity contribution in [2.75, 3.05) is 0 Å². The molecule has 1 atom stereocenters. The Labute approximate surface area is 139 Å². The van der Waals surface area contributed by atoms with Crippen molar-refractivity contribution < 1.29 is 4.39 Å². The average Bonchev–Trinajstić information content (AvgIpc) is 3.03. The van der Waals surface area contributed by atoms with Crippen molar-refractivity contribution in [2.45, 2.75) is 26.3 Å². The van der Waals surface area contributed by atoms with Gasteiger partial charge in [0.2, 0.25) is 0 Å². The SMILES string of the molecule is CCc1cnc(C(C)n2c(=S)[nH]c3cc(Br)c(F)cc32)s1. The van der Waals surface area contributed by atoms with Crippen LogP contribution in [0.5, 0.6) is 0 Å². The summed E-state index contributed by atoms with van der Waals surface area (Å²) in [5.74, 6) is -0.300. The normalized spacial score (nSPS) is 13.0. The largest absolute Gasteiger partial charge is 0.331 e. The molecule has 0 spiro atoms. The second-order valence-corrected chi connectivity index (χ2v) is 7.17. The van der Waals surface area contributed by atoms with Crippen molar-refractivity contribution in [1.29, 1.82) is 0 Å². The molecule has 0 bridgehead atoms. The Morgan fingerprint density at radius 3 is 2.95 bits per heavy atom. The van der Waals surface area contributed by atoms with E-state index < -0.39 is 0 Å². The molecule has 1 N–H and O–H groups in total. The van der Waals surface area contributed by atoms with E-state index in [-0.39, 0.29) is 11.9 Å². The first-order chi connectivity index (χ1) is 10.0. The number of thiazole rings is 1. The van der Waals surface area contributed by atoms with Crippen LogP contribution in [0.25, 0.3) is 11.0 Å². The number of H-pyrrole nitrogens is 1. The van der Waals surface area contributed by atoms with Gasteiger partial charge in [0.15, 0.2) is 4.77 Å². The molecule has 0 aliphatic rings. The monoisotopic (exact) mass is 385 g/mol. The average molecular weight is 386 g/mol. The topological polar surface area (TPSA) is 33.6 Å². The van der Waals surface area contributed by atoms with E-state index in [1.165, 1.54) is 10.9 Å². The lowest BCUT2D eigenvalue weighted by Crippen LogP contribution is -2.06. The molecule has 0 aliphatic carbocycles. The maximum absolute atomic E-state index is 13.8. The zero-order chi connectivity index (χ0) is 15.1. The highest BCUT2D eigenvalue weighted by Gasteiger charge is 2.17. The van der Waals surface area contributed by atoms with E-state index in [9.17, 15) is 4.39 Å². The summed E-state index contributed by atoms with van der Waals surface area (Å²) < 4.78 is 16.8. The summed E-state index contributed by atoms with van der Waals surface area (Å²) in [7, 11) is 0. The highest BCUT2D eigenvalue weighted by atomic mass is 79.9. The van der Waals surface area contributed by atoms with Gasteiger partial charge in [0.1, 0.15) is 10.8 Å². The van der Waals surface area contributed by atoms with Crippen LogP contribution in [0.15, 0.2) is 22.8 Å². The zero-order valence-corrected chi connectivity index (χ0v) is 14.7. The molecule has 0 saturated heterocycles. The number of aromatic nitrogens is 3. The van der Waals surface area contributed by atoms with Crippen molar-refractivity contribution in [3.8, 4) is 0 Å². The van der Waals surface area contributed by atoms with Gasteiger partial charge in [0.05, 0.1) is 21.5 Å². The second kappa shape index (κ2) is 5.62. The van der Waals surface area contributed by atoms with Gasteiger partial charge >= 0.3 is 0 Å². The van der Waals surface area contributed by atoms with Gasteiger partial charge in [-0.1, -0.05) is 6.92 Å². The van der Waals surface area contributed by atoms with Gasteiger partial charge in [-0.25, -0.2) is 9.37 Å². The zero-order valence-electron chi connectivity index (χ0n) is 11.5. The molecule has 0 saturated carbocycles. The summed E-state index contributed by atoms with van der Waals surface area (Å²) in [4.78, 5) is 8.82. The Morgan fingerprint density at radius 1 is 1.52 bits per heavy atom. The summed E-state index contributed by atoms with van der Waals surface area (Å²) in [6.45, 7) is 4.13. The molecule has 0 amide bonds. The number of aromatic amines is 1. The Bertz CT molecular complexity index is 865. The van der Waals surface area contributed by atoms with Crippen LogP contribution in [0.2, 0.25) is 0 Å². The van der Waals surface area contributed by atoms with Gasteiger partial charge in [-0.05, 0) is 47.6 Å². The molecule has 2 aromatic heterocycles. The van der Waals surface area contributed by atoms with Crippen molar-refractivity contribution in [1.82, 2.24) is 14.5 Å². The molecular formula is C14H13BrFN3S2. The van der Waals surface area contributed by atoms with Gasteiger partial charge < -0.3 is 9.55 Å². The molecule has 0 fully saturated rings. The summed E-state index contributed by atoms with van der Waals surface area (Å²) >= 11 is 10.3. The van der Waals surface area contributed by atoms with E-state index in [0.717, 1.165) is 22.5 Å². The van der Waals surface area contributed by atoms with Crippen LogP contribution in [-0.4, -0.2) is 14.5 Å². The smallest absolute Gasteiger partial charge is 0.178 e. The maximum Gasteiger partial charge on any atom is 0.178 e. The number of halogens is 2. The predicted octanol–water partition coefficient (Wildman–Crippen LogP) is 5.23. The Kier molecular flexibility index (Phi) is 3.98. The van der Waals surface area contributed by atoms with E-state index in [4.69, 9.17) is 12.2 Å². The van der Waals surface area contributed by atoms with Crippen molar-refractivity contribution in [2.24, 2.45) is 0 Å². The van der Waals surface area contributed by atoms with Crippen LogP contribution in [0.1, 0.15) is 29.8 Å². The van der Waals surface area contributed by atoms with E-state index in [1.54, 1.807) is 17.4 Å². The summed E-state index contributed by atoms with van der Waals surface area (Å²) in [6.07, 6.45) is 2.86. The molecule has 7 heteroatoms. The van der Waals surface area contributed by atoms with Crippen LogP contribution in [0, 0.1) is 10.6 Å². The summed E-state index contributed by atoms with van der Waals surface area (Å²) in [5.41, 5.74) is 1.56. The van der Waals surface area contributed by atoms with Gasteiger partial charge in [0.25, 0.3) is 0 Å². The lowest BCUT2D eigenvalue weighted by atomic mass is 10.2. The third-order valence-electron chi connectivity index (χ3n) is 3.42. The predicted molar refractivity (Wildman–Crippen MR) is 90.1 cm³/mol. The third kappa shape index (κ3) is 2.58. The van der Waals surface area contributed by atoms with E-state index >= 15 is 0 Å². The van der Waals surface area contributed by atoms with Crippen LogP contribution < -0.4 is 0 Å². The fourth-order valence-electron chi connectivity index (χ4n) is 2.29. The van der Waals surface area contributed by atoms with E-state index in [2.05, 4.69) is 32.8 Å². The Hall–Kier alpha value is -1.05. The first-order valence-electron chi connectivity index (χ1n) is 6.55. The Morgan fingerprint density at radius 2 is 2.29 bits per heavy atom. The van der Waals surface area contributed by atoms with Gasteiger partial charge in [-0.2, -0.15) is 0 Å². The maximum atomic E-state index is 13.8. The number of nitrogens with zero attached hydrogens (tertiary/aromatic N) is 2. The molecule has 3 nitrogen and oxygen atoms in total. The first kappa shape index (κ1) is 14.9. The van der Waals surface area contributed by atoms with Crippen LogP contribution in [-0.2, 0) is 6.42 Å². The summed E-state index contributed by atoms with van der Waals surface area (Å²) in [5, 5.41) is 0.979. The number of benzene rings is 1. The summed E-state index contributed by atoms with van der Waals surface area (Å²) in [6, 6.07) is 3.18. The number of rotatable bonds is 3. The molecule has 0 aliphatic heterocycles. The number of aryl methyl sites for hydroxylation is 1. The molecule has 1 unspecified atom stereocenters. The Balaban J connectivity index is 2.17. The minimum atomic E-state index is -0.300.